The lowest BCUT2D eigenvalue weighted by molar-refractivity contribution is 0.221. The number of aromatic nitrogens is 3. The van der Waals surface area contributed by atoms with Gasteiger partial charge in [0, 0.05) is 7.05 Å². The average molecular weight is 269 g/mol. The summed E-state index contributed by atoms with van der Waals surface area (Å²) in [5.74, 6) is 1.07. The molecule has 0 fully saturated rings. The Morgan fingerprint density at radius 2 is 1.74 bits per heavy atom. The first kappa shape index (κ1) is 15.4. The van der Waals surface area contributed by atoms with Crippen molar-refractivity contribution in [2.24, 2.45) is 5.92 Å². The number of hydrogen-bond acceptors (Lipinski definition) is 7. The van der Waals surface area contributed by atoms with Crippen LogP contribution in [0.2, 0.25) is 0 Å². The predicted octanol–water partition coefficient (Wildman–Crippen LogP) is 1.13. The summed E-state index contributed by atoms with van der Waals surface area (Å²) in [5, 5.41) is 15.3. The van der Waals surface area contributed by atoms with Crippen molar-refractivity contribution in [3.63, 3.8) is 0 Å². The van der Waals surface area contributed by atoms with Crippen molar-refractivity contribution in [1.29, 1.82) is 0 Å². The molecule has 0 spiro atoms. The molecule has 1 aromatic rings. The average Bonchev–Trinajstić information content (AvgIpc) is 2.34. The minimum atomic E-state index is -0.112. The third-order valence-electron chi connectivity index (χ3n) is 2.50. The molecule has 7 heteroatoms. The summed E-state index contributed by atoms with van der Waals surface area (Å²) in [6.07, 6.45) is -0.0151. The maximum Gasteiger partial charge on any atom is 0.323 e. The van der Waals surface area contributed by atoms with Gasteiger partial charge in [0.2, 0.25) is 11.9 Å². The molecular formula is C12H23N5O2. The van der Waals surface area contributed by atoms with Gasteiger partial charge in [0.15, 0.2) is 0 Å². The lowest BCUT2D eigenvalue weighted by atomic mass is 10.1. The van der Waals surface area contributed by atoms with Gasteiger partial charge in [-0.05, 0) is 19.8 Å². The van der Waals surface area contributed by atoms with E-state index in [0.717, 1.165) is 0 Å². The number of aliphatic hydroxyl groups excluding tert-OH is 1. The third kappa shape index (κ3) is 4.86. The van der Waals surface area contributed by atoms with Gasteiger partial charge in [-0.25, -0.2) is 0 Å². The summed E-state index contributed by atoms with van der Waals surface area (Å²) >= 11 is 0. The fourth-order valence-corrected chi connectivity index (χ4v) is 1.39. The quantitative estimate of drug-likeness (QED) is 0.683. The van der Waals surface area contributed by atoms with Crippen molar-refractivity contribution in [3.05, 3.63) is 0 Å². The molecule has 0 aliphatic heterocycles. The van der Waals surface area contributed by atoms with Crippen LogP contribution in [0.25, 0.3) is 0 Å². The van der Waals surface area contributed by atoms with E-state index in [0.29, 0.717) is 11.9 Å². The summed E-state index contributed by atoms with van der Waals surface area (Å²) in [5.41, 5.74) is 0. The Kier molecular flexibility index (Phi) is 5.75. The molecular weight excluding hydrogens is 246 g/mol. The van der Waals surface area contributed by atoms with Gasteiger partial charge in [-0.15, -0.1) is 0 Å². The Bertz CT molecular complexity index is 398. The SMILES string of the molecule is CNc1nc(N[C@H](CO)C(C)C)nc(OC(C)C)n1. The highest BCUT2D eigenvalue weighted by atomic mass is 16.5. The monoisotopic (exact) mass is 269 g/mol. The van der Waals surface area contributed by atoms with Crippen molar-refractivity contribution >= 4 is 11.9 Å². The Balaban J connectivity index is 2.92. The number of anilines is 2. The first-order valence-corrected chi connectivity index (χ1v) is 6.44. The fourth-order valence-electron chi connectivity index (χ4n) is 1.39. The van der Waals surface area contributed by atoms with Gasteiger partial charge in [-0.2, -0.15) is 15.0 Å². The van der Waals surface area contributed by atoms with E-state index < -0.39 is 0 Å². The zero-order valence-corrected chi connectivity index (χ0v) is 12.1. The summed E-state index contributed by atoms with van der Waals surface area (Å²) < 4.78 is 5.47. The van der Waals surface area contributed by atoms with Crippen LogP contribution in [0.3, 0.4) is 0 Å². The molecule has 1 rings (SSSR count). The maximum absolute atomic E-state index is 9.32. The molecule has 0 amide bonds. The van der Waals surface area contributed by atoms with Crippen molar-refractivity contribution in [3.8, 4) is 6.01 Å². The van der Waals surface area contributed by atoms with Gasteiger partial charge in [-0.3, -0.25) is 0 Å². The van der Waals surface area contributed by atoms with E-state index in [9.17, 15) is 5.11 Å². The summed E-state index contributed by atoms with van der Waals surface area (Å²) in [4.78, 5) is 12.5. The highest BCUT2D eigenvalue weighted by Crippen LogP contribution is 2.14. The molecule has 1 heterocycles. The molecule has 108 valence electrons. The van der Waals surface area contributed by atoms with Crippen LogP contribution in [-0.2, 0) is 0 Å². The van der Waals surface area contributed by atoms with Crippen LogP contribution in [0.4, 0.5) is 11.9 Å². The molecule has 0 bridgehead atoms. The molecule has 0 aliphatic rings. The minimum Gasteiger partial charge on any atom is -0.461 e. The van der Waals surface area contributed by atoms with Crippen LogP contribution in [0, 0.1) is 5.92 Å². The van der Waals surface area contributed by atoms with Crippen molar-refractivity contribution in [2.45, 2.75) is 39.8 Å². The van der Waals surface area contributed by atoms with Gasteiger partial charge >= 0.3 is 6.01 Å². The zero-order valence-electron chi connectivity index (χ0n) is 12.1. The molecule has 0 saturated heterocycles. The van der Waals surface area contributed by atoms with E-state index in [-0.39, 0.29) is 30.7 Å². The Hall–Kier alpha value is -1.63. The first-order valence-electron chi connectivity index (χ1n) is 6.44. The largest absolute Gasteiger partial charge is 0.461 e. The second-order valence-electron chi connectivity index (χ2n) is 4.86. The Labute approximate surface area is 113 Å². The van der Waals surface area contributed by atoms with E-state index in [4.69, 9.17) is 4.74 Å². The second-order valence-corrected chi connectivity index (χ2v) is 4.86. The van der Waals surface area contributed by atoms with E-state index in [2.05, 4.69) is 25.6 Å². The number of ether oxygens (including phenoxy) is 1. The molecule has 0 unspecified atom stereocenters. The van der Waals surface area contributed by atoms with Gasteiger partial charge < -0.3 is 20.5 Å². The first-order chi connectivity index (χ1) is 8.96. The molecule has 0 radical (unpaired) electrons. The Morgan fingerprint density at radius 1 is 1.11 bits per heavy atom. The summed E-state index contributed by atoms with van der Waals surface area (Å²) in [6.45, 7) is 7.85. The summed E-state index contributed by atoms with van der Waals surface area (Å²) in [6, 6.07) is 0.149. The number of nitrogens with zero attached hydrogens (tertiary/aromatic N) is 3. The van der Waals surface area contributed by atoms with Crippen LogP contribution in [0.15, 0.2) is 0 Å². The van der Waals surface area contributed by atoms with Crippen molar-refractivity contribution in [1.82, 2.24) is 15.0 Å². The number of rotatable bonds is 7. The molecule has 0 aliphatic carbocycles. The standard InChI is InChI=1S/C12H23N5O2/c1-7(2)9(6-18)14-11-15-10(13-5)16-12(17-11)19-8(3)4/h7-9,18H,6H2,1-5H3,(H2,13,14,15,16,17)/t9-/m1/s1. The molecule has 7 nitrogen and oxygen atoms in total. The fraction of sp³-hybridized carbons (Fsp3) is 0.750. The van der Waals surface area contributed by atoms with Crippen molar-refractivity contribution in [2.75, 3.05) is 24.3 Å². The number of aliphatic hydroxyl groups is 1. The van der Waals surface area contributed by atoms with Crippen LogP contribution in [0.5, 0.6) is 6.01 Å². The van der Waals surface area contributed by atoms with E-state index in [1.54, 1.807) is 7.05 Å². The smallest absolute Gasteiger partial charge is 0.323 e. The van der Waals surface area contributed by atoms with E-state index in [1.807, 2.05) is 27.7 Å². The Morgan fingerprint density at radius 3 is 2.21 bits per heavy atom. The van der Waals surface area contributed by atoms with Gasteiger partial charge in [0.25, 0.3) is 0 Å². The molecule has 19 heavy (non-hydrogen) atoms. The molecule has 0 saturated carbocycles. The van der Waals surface area contributed by atoms with Crippen LogP contribution in [0.1, 0.15) is 27.7 Å². The van der Waals surface area contributed by atoms with Crippen LogP contribution in [-0.4, -0.2) is 45.9 Å². The van der Waals surface area contributed by atoms with Crippen molar-refractivity contribution < 1.29 is 9.84 Å². The zero-order chi connectivity index (χ0) is 14.4. The number of nitrogens with one attached hydrogen (secondary N) is 2. The molecule has 1 atom stereocenters. The topological polar surface area (TPSA) is 92.2 Å². The summed E-state index contributed by atoms with van der Waals surface area (Å²) in [7, 11) is 1.73. The van der Waals surface area contributed by atoms with Crippen LogP contribution >= 0.6 is 0 Å². The van der Waals surface area contributed by atoms with Gasteiger partial charge in [-0.1, -0.05) is 13.8 Å². The minimum absolute atomic E-state index is 0.0125. The molecule has 1 aromatic heterocycles. The lowest BCUT2D eigenvalue weighted by Gasteiger charge is -2.20. The lowest BCUT2D eigenvalue weighted by Crippen LogP contribution is -2.30. The maximum atomic E-state index is 9.32. The molecule has 3 N–H and O–H groups in total. The third-order valence-corrected chi connectivity index (χ3v) is 2.50. The predicted molar refractivity (Wildman–Crippen MR) is 74.5 cm³/mol. The van der Waals surface area contributed by atoms with E-state index in [1.165, 1.54) is 0 Å². The highest BCUT2D eigenvalue weighted by molar-refractivity contribution is 5.36. The highest BCUT2D eigenvalue weighted by Gasteiger charge is 2.15. The van der Waals surface area contributed by atoms with E-state index >= 15 is 0 Å². The van der Waals surface area contributed by atoms with Crippen LogP contribution < -0.4 is 15.4 Å². The normalized spacial score (nSPS) is 12.6. The van der Waals surface area contributed by atoms with Gasteiger partial charge in [0.05, 0.1) is 18.8 Å². The molecule has 0 aromatic carbocycles. The second kappa shape index (κ2) is 7.08. The number of hydrogen-bond donors (Lipinski definition) is 3. The van der Waals surface area contributed by atoms with Gasteiger partial charge in [0.1, 0.15) is 0 Å².